The number of hydrogen-bond acceptors (Lipinski definition) is 3. The number of aryl methyl sites for hydroxylation is 2. The van der Waals surface area contributed by atoms with Gasteiger partial charge in [-0.3, -0.25) is 0 Å². The highest BCUT2D eigenvalue weighted by molar-refractivity contribution is 7.91. The summed E-state index contributed by atoms with van der Waals surface area (Å²) >= 11 is 0. The molecule has 1 atom stereocenters. The summed E-state index contributed by atoms with van der Waals surface area (Å²) in [5, 5.41) is 0. The van der Waals surface area contributed by atoms with Crippen molar-refractivity contribution in [1.82, 2.24) is 4.57 Å². The zero-order valence-corrected chi connectivity index (χ0v) is 11.7. The molecule has 2 N–H and O–H groups in total. The van der Waals surface area contributed by atoms with Gasteiger partial charge in [-0.25, -0.2) is 8.42 Å². The molecule has 0 amide bonds. The first kappa shape index (κ1) is 13.6. The first-order valence-corrected chi connectivity index (χ1v) is 8.48. The highest BCUT2D eigenvalue weighted by Crippen LogP contribution is 2.28. The molecular weight excluding hydrogens is 248 g/mol. The molecular formula is C13H22N2O2S. The van der Waals surface area contributed by atoms with E-state index in [1.807, 2.05) is 17.7 Å². The summed E-state index contributed by atoms with van der Waals surface area (Å²) in [5.74, 6) is 0.511. The molecule has 102 valence electrons. The van der Waals surface area contributed by atoms with E-state index in [0.29, 0.717) is 13.0 Å². The van der Waals surface area contributed by atoms with Crippen molar-refractivity contribution in [3.63, 3.8) is 0 Å². The largest absolute Gasteiger partial charge is 0.353 e. The van der Waals surface area contributed by atoms with Gasteiger partial charge in [0.1, 0.15) is 0 Å². The van der Waals surface area contributed by atoms with Crippen LogP contribution < -0.4 is 5.73 Å². The molecule has 0 fully saturated rings. The lowest BCUT2D eigenvalue weighted by atomic mass is 9.92. The maximum Gasteiger partial charge on any atom is 0.152 e. The van der Waals surface area contributed by atoms with Crippen LogP contribution in [0.4, 0.5) is 0 Å². The average molecular weight is 270 g/mol. The molecule has 2 rings (SSSR count). The predicted octanol–water partition coefficient (Wildman–Crippen LogP) is 1.65. The second kappa shape index (κ2) is 5.45. The molecule has 5 heteroatoms. The molecule has 4 nitrogen and oxygen atoms in total. The van der Waals surface area contributed by atoms with Crippen molar-refractivity contribution in [1.29, 1.82) is 0 Å². The lowest BCUT2D eigenvalue weighted by molar-refractivity contribution is 0.573. The third kappa shape index (κ3) is 3.14. The first-order valence-electron chi connectivity index (χ1n) is 6.66. The fourth-order valence-electron chi connectivity index (χ4n) is 2.57. The van der Waals surface area contributed by atoms with Gasteiger partial charge in [-0.15, -0.1) is 0 Å². The Bertz CT molecular complexity index is 505. The number of sulfone groups is 1. The average Bonchev–Trinajstić information content (AvgIpc) is 2.71. The van der Waals surface area contributed by atoms with Crippen LogP contribution in [0.1, 0.15) is 43.4 Å². The summed E-state index contributed by atoms with van der Waals surface area (Å²) in [4.78, 5) is 0. The number of nitrogens with zero attached hydrogens (tertiary/aromatic N) is 1. The van der Waals surface area contributed by atoms with Crippen molar-refractivity contribution in [2.24, 2.45) is 5.73 Å². The monoisotopic (exact) mass is 270 g/mol. The van der Waals surface area contributed by atoms with E-state index in [1.165, 1.54) is 11.1 Å². The normalized spacial score (nSPS) is 19.8. The number of fused-ring (bicyclic) bond motifs is 1. The Morgan fingerprint density at radius 1 is 1.39 bits per heavy atom. The van der Waals surface area contributed by atoms with Gasteiger partial charge < -0.3 is 10.3 Å². The maximum absolute atomic E-state index is 11.7. The van der Waals surface area contributed by atoms with Gasteiger partial charge in [0.15, 0.2) is 9.84 Å². The Labute approximate surface area is 109 Å². The SMILES string of the molecule is CCCS(=O)(=O)CCn1cc2c(c1)C(N)CCC2. The number of hydrogen-bond donors (Lipinski definition) is 1. The maximum atomic E-state index is 11.7. The number of aromatic nitrogens is 1. The number of nitrogens with two attached hydrogens (primary N) is 1. The molecule has 1 heterocycles. The third-order valence-electron chi connectivity index (χ3n) is 3.53. The third-order valence-corrected chi connectivity index (χ3v) is 5.37. The summed E-state index contributed by atoms with van der Waals surface area (Å²) in [6.45, 7) is 2.44. The smallest absolute Gasteiger partial charge is 0.152 e. The van der Waals surface area contributed by atoms with Gasteiger partial charge in [0.05, 0.1) is 5.75 Å². The van der Waals surface area contributed by atoms with E-state index >= 15 is 0 Å². The van der Waals surface area contributed by atoms with Gasteiger partial charge in [-0.05, 0) is 36.8 Å². The molecule has 0 radical (unpaired) electrons. The lowest BCUT2D eigenvalue weighted by Crippen LogP contribution is -2.16. The van der Waals surface area contributed by atoms with Gasteiger partial charge in [0.25, 0.3) is 0 Å². The minimum atomic E-state index is -2.90. The Hall–Kier alpha value is -0.810. The van der Waals surface area contributed by atoms with Crippen LogP contribution in [0.2, 0.25) is 0 Å². The molecule has 1 aliphatic rings. The van der Waals surface area contributed by atoms with E-state index < -0.39 is 9.84 Å². The summed E-state index contributed by atoms with van der Waals surface area (Å²) in [6.07, 6.45) is 8.01. The van der Waals surface area contributed by atoms with Gasteiger partial charge in [0.2, 0.25) is 0 Å². The highest BCUT2D eigenvalue weighted by Gasteiger charge is 2.19. The summed E-state index contributed by atoms with van der Waals surface area (Å²) in [6, 6.07) is 0.127. The van der Waals surface area contributed by atoms with Crippen LogP contribution in [0.25, 0.3) is 0 Å². The zero-order valence-electron chi connectivity index (χ0n) is 10.9. The molecule has 0 aliphatic heterocycles. The molecule has 0 aromatic carbocycles. The first-order chi connectivity index (χ1) is 8.52. The summed E-state index contributed by atoms with van der Waals surface area (Å²) < 4.78 is 25.3. The highest BCUT2D eigenvalue weighted by atomic mass is 32.2. The van der Waals surface area contributed by atoms with Crippen molar-refractivity contribution >= 4 is 9.84 Å². The Kier molecular flexibility index (Phi) is 4.12. The summed E-state index contributed by atoms with van der Waals surface area (Å²) in [5.41, 5.74) is 8.55. The summed E-state index contributed by atoms with van der Waals surface area (Å²) in [7, 11) is -2.90. The van der Waals surface area contributed by atoms with E-state index in [1.54, 1.807) is 0 Å². The molecule has 0 saturated carbocycles. The van der Waals surface area contributed by atoms with Crippen LogP contribution in [0.15, 0.2) is 12.4 Å². The van der Waals surface area contributed by atoms with Crippen LogP contribution in [0.5, 0.6) is 0 Å². The Morgan fingerprint density at radius 2 is 2.17 bits per heavy atom. The van der Waals surface area contributed by atoms with Crippen LogP contribution >= 0.6 is 0 Å². The molecule has 0 saturated heterocycles. The van der Waals surface area contributed by atoms with Crippen LogP contribution in [0, 0.1) is 0 Å². The van der Waals surface area contributed by atoms with E-state index in [0.717, 1.165) is 19.3 Å². The minimum Gasteiger partial charge on any atom is -0.353 e. The molecule has 0 spiro atoms. The van der Waals surface area contributed by atoms with Gasteiger partial charge in [-0.1, -0.05) is 6.92 Å². The van der Waals surface area contributed by atoms with Gasteiger partial charge in [-0.2, -0.15) is 0 Å². The Morgan fingerprint density at radius 3 is 2.83 bits per heavy atom. The van der Waals surface area contributed by atoms with Crippen LogP contribution in [-0.2, 0) is 22.8 Å². The second-order valence-electron chi connectivity index (χ2n) is 5.13. The number of rotatable bonds is 5. The van der Waals surface area contributed by atoms with Crippen LogP contribution in [-0.4, -0.2) is 24.5 Å². The Balaban J connectivity index is 2.03. The van der Waals surface area contributed by atoms with Crippen molar-refractivity contribution in [2.75, 3.05) is 11.5 Å². The standard InChI is InChI=1S/C13H22N2O2S/c1-2-7-18(16,17)8-6-15-9-11-4-3-5-13(14)12(11)10-15/h9-10,13H,2-8,14H2,1H3. The zero-order chi connectivity index (χ0) is 13.2. The van der Waals surface area contributed by atoms with E-state index in [2.05, 4.69) is 6.20 Å². The van der Waals surface area contributed by atoms with E-state index in [-0.39, 0.29) is 17.5 Å². The van der Waals surface area contributed by atoms with E-state index in [4.69, 9.17) is 5.73 Å². The molecule has 1 aromatic rings. The molecule has 1 aliphatic carbocycles. The van der Waals surface area contributed by atoms with Crippen molar-refractivity contribution in [3.8, 4) is 0 Å². The van der Waals surface area contributed by atoms with Crippen molar-refractivity contribution < 1.29 is 8.42 Å². The quantitative estimate of drug-likeness (QED) is 0.884. The molecule has 18 heavy (non-hydrogen) atoms. The van der Waals surface area contributed by atoms with Crippen molar-refractivity contribution in [2.45, 2.75) is 45.2 Å². The molecule has 1 aromatic heterocycles. The van der Waals surface area contributed by atoms with E-state index in [9.17, 15) is 8.42 Å². The molecule has 0 bridgehead atoms. The minimum absolute atomic E-state index is 0.127. The van der Waals surface area contributed by atoms with Gasteiger partial charge in [0, 0.05) is 30.7 Å². The fraction of sp³-hybridized carbons (Fsp3) is 0.692. The van der Waals surface area contributed by atoms with Crippen LogP contribution in [0.3, 0.4) is 0 Å². The predicted molar refractivity (Wildman–Crippen MR) is 73.2 cm³/mol. The topological polar surface area (TPSA) is 65.1 Å². The second-order valence-corrected chi connectivity index (χ2v) is 7.43. The van der Waals surface area contributed by atoms with Crippen molar-refractivity contribution in [3.05, 3.63) is 23.5 Å². The fourth-order valence-corrected chi connectivity index (χ4v) is 3.89. The van der Waals surface area contributed by atoms with Gasteiger partial charge >= 0.3 is 0 Å². The lowest BCUT2D eigenvalue weighted by Gasteiger charge is -2.17. The molecule has 1 unspecified atom stereocenters.